The van der Waals surface area contributed by atoms with Crippen molar-refractivity contribution in [3.8, 4) is 5.75 Å². The van der Waals surface area contributed by atoms with Crippen LogP contribution >= 0.6 is 0 Å². The Kier molecular flexibility index (Phi) is 6.18. The Morgan fingerprint density at radius 3 is 2.56 bits per heavy atom. The second-order valence-corrected chi connectivity index (χ2v) is 8.70. The number of aromatic nitrogens is 2. The molecule has 0 spiro atoms. The molecule has 7 nitrogen and oxygen atoms in total. The van der Waals surface area contributed by atoms with Crippen LogP contribution in [0.4, 0.5) is 0 Å². The first kappa shape index (κ1) is 19.9. The van der Waals surface area contributed by atoms with Gasteiger partial charge in [-0.25, -0.2) is 13.4 Å². The Hall–Kier alpha value is -1.90. The number of rotatable bonds is 7. The standard InChI is InChI=1S/C19H28N4O3S/c1-4-19-20-7-8-22(19)12-9-21-10-13-23(14-11-21)27(24,25)18-15-16(2)5-6-17(18)26-3/h5-8,15H,4,9-14H2,1-3H3. The lowest BCUT2D eigenvalue weighted by molar-refractivity contribution is 0.182. The molecular weight excluding hydrogens is 364 g/mol. The van der Waals surface area contributed by atoms with Gasteiger partial charge in [0.2, 0.25) is 10.0 Å². The van der Waals surface area contributed by atoms with Gasteiger partial charge in [-0.05, 0) is 24.6 Å². The zero-order chi connectivity index (χ0) is 19.4. The van der Waals surface area contributed by atoms with Gasteiger partial charge >= 0.3 is 0 Å². The molecule has 8 heteroatoms. The Bertz CT molecular complexity index is 871. The number of hydrogen-bond donors (Lipinski definition) is 0. The van der Waals surface area contributed by atoms with E-state index in [1.54, 1.807) is 16.4 Å². The maximum atomic E-state index is 13.1. The van der Waals surface area contributed by atoms with Crippen LogP contribution in [0.5, 0.6) is 5.75 Å². The zero-order valence-electron chi connectivity index (χ0n) is 16.3. The number of benzene rings is 1. The molecule has 0 unspecified atom stereocenters. The highest BCUT2D eigenvalue weighted by Gasteiger charge is 2.30. The van der Waals surface area contributed by atoms with Crippen molar-refractivity contribution in [3.05, 3.63) is 42.0 Å². The molecule has 1 fully saturated rings. The van der Waals surface area contributed by atoms with E-state index >= 15 is 0 Å². The molecule has 0 amide bonds. The molecule has 0 radical (unpaired) electrons. The predicted molar refractivity (Wildman–Crippen MR) is 105 cm³/mol. The molecule has 1 aromatic carbocycles. The van der Waals surface area contributed by atoms with E-state index in [-0.39, 0.29) is 4.90 Å². The Morgan fingerprint density at radius 1 is 1.15 bits per heavy atom. The van der Waals surface area contributed by atoms with Crippen LogP contribution in [-0.2, 0) is 23.0 Å². The average Bonchev–Trinajstić information content (AvgIpc) is 3.14. The summed E-state index contributed by atoms with van der Waals surface area (Å²) in [4.78, 5) is 6.90. The lowest BCUT2D eigenvalue weighted by Crippen LogP contribution is -2.49. The van der Waals surface area contributed by atoms with Crippen molar-refractivity contribution in [2.45, 2.75) is 31.7 Å². The van der Waals surface area contributed by atoms with Crippen LogP contribution in [-0.4, -0.2) is 67.0 Å². The third-order valence-corrected chi connectivity index (χ3v) is 6.96. The molecule has 27 heavy (non-hydrogen) atoms. The largest absolute Gasteiger partial charge is 0.495 e. The Morgan fingerprint density at radius 2 is 1.89 bits per heavy atom. The molecular formula is C19H28N4O3S. The monoisotopic (exact) mass is 392 g/mol. The van der Waals surface area contributed by atoms with Crippen LogP contribution in [0, 0.1) is 6.92 Å². The van der Waals surface area contributed by atoms with Gasteiger partial charge in [0.05, 0.1) is 7.11 Å². The summed E-state index contributed by atoms with van der Waals surface area (Å²) in [5.74, 6) is 1.48. The van der Waals surface area contributed by atoms with Gasteiger partial charge in [-0.3, -0.25) is 4.90 Å². The molecule has 0 saturated carbocycles. The second kappa shape index (κ2) is 8.41. The lowest BCUT2D eigenvalue weighted by Gasteiger charge is -2.34. The average molecular weight is 393 g/mol. The first-order valence-electron chi connectivity index (χ1n) is 9.33. The van der Waals surface area contributed by atoms with Gasteiger partial charge < -0.3 is 9.30 Å². The number of piperazine rings is 1. The summed E-state index contributed by atoms with van der Waals surface area (Å²) in [6.45, 7) is 8.19. The number of sulfonamides is 1. The van der Waals surface area contributed by atoms with Crippen molar-refractivity contribution in [3.63, 3.8) is 0 Å². The van der Waals surface area contributed by atoms with E-state index in [2.05, 4.69) is 21.4 Å². The highest BCUT2D eigenvalue weighted by atomic mass is 32.2. The third kappa shape index (κ3) is 4.34. The summed E-state index contributed by atoms with van der Waals surface area (Å²) < 4.78 is 35.1. The predicted octanol–water partition coefficient (Wildman–Crippen LogP) is 1.77. The molecule has 2 heterocycles. The van der Waals surface area contributed by atoms with Crippen LogP contribution in [0.1, 0.15) is 18.3 Å². The minimum absolute atomic E-state index is 0.254. The quantitative estimate of drug-likeness (QED) is 0.718. The molecule has 0 atom stereocenters. The summed E-state index contributed by atoms with van der Waals surface area (Å²) in [7, 11) is -2.05. The van der Waals surface area contributed by atoms with Crippen LogP contribution < -0.4 is 4.74 Å². The number of hydrogen-bond acceptors (Lipinski definition) is 5. The number of nitrogens with zero attached hydrogens (tertiary/aromatic N) is 4. The lowest BCUT2D eigenvalue weighted by atomic mass is 10.2. The van der Waals surface area contributed by atoms with E-state index < -0.39 is 10.0 Å². The van der Waals surface area contributed by atoms with Crippen LogP contribution in [0.2, 0.25) is 0 Å². The fourth-order valence-electron chi connectivity index (χ4n) is 3.43. The minimum Gasteiger partial charge on any atom is -0.495 e. The molecule has 148 valence electrons. The van der Waals surface area contributed by atoms with Crippen LogP contribution in [0.25, 0.3) is 0 Å². The topological polar surface area (TPSA) is 67.7 Å². The van der Waals surface area contributed by atoms with Gasteiger partial charge in [0.15, 0.2) is 0 Å². The second-order valence-electron chi connectivity index (χ2n) is 6.79. The molecule has 0 bridgehead atoms. The molecule has 2 aromatic rings. The maximum Gasteiger partial charge on any atom is 0.246 e. The summed E-state index contributed by atoms with van der Waals surface area (Å²) in [6, 6.07) is 5.26. The van der Waals surface area contributed by atoms with Gasteiger partial charge in [0.25, 0.3) is 0 Å². The fraction of sp³-hybridized carbons (Fsp3) is 0.526. The van der Waals surface area contributed by atoms with Crippen molar-refractivity contribution in [1.82, 2.24) is 18.8 Å². The highest BCUT2D eigenvalue weighted by Crippen LogP contribution is 2.28. The van der Waals surface area contributed by atoms with Crippen molar-refractivity contribution in [2.75, 3.05) is 39.8 Å². The van der Waals surface area contributed by atoms with E-state index in [0.29, 0.717) is 18.8 Å². The molecule has 0 N–H and O–H groups in total. The van der Waals surface area contributed by atoms with Gasteiger partial charge in [-0.2, -0.15) is 4.31 Å². The molecule has 3 rings (SSSR count). The third-order valence-electron chi connectivity index (χ3n) is 5.04. The van der Waals surface area contributed by atoms with Crippen molar-refractivity contribution >= 4 is 10.0 Å². The maximum absolute atomic E-state index is 13.1. The Labute approximate surface area is 161 Å². The Balaban J connectivity index is 1.62. The van der Waals surface area contributed by atoms with Crippen molar-refractivity contribution < 1.29 is 13.2 Å². The first-order valence-corrected chi connectivity index (χ1v) is 10.8. The number of aryl methyl sites for hydroxylation is 2. The number of methoxy groups -OCH3 is 1. The molecule has 1 aromatic heterocycles. The first-order chi connectivity index (χ1) is 13.0. The zero-order valence-corrected chi connectivity index (χ0v) is 17.1. The molecule has 1 saturated heterocycles. The van der Waals surface area contributed by atoms with E-state index in [1.807, 2.05) is 25.4 Å². The molecule has 1 aliphatic rings. The SMILES string of the molecule is CCc1nccn1CCN1CCN(S(=O)(=O)c2cc(C)ccc2OC)CC1. The van der Waals surface area contributed by atoms with Gasteiger partial charge in [-0.15, -0.1) is 0 Å². The summed E-state index contributed by atoms with van der Waals surface area (Å²) in [5.41, 5.74) is 0.903. The minimum atomic E-state index is -3.55. The van der Waals surface area contributed by atoms with E-state index in [0.717, 1.165) is 44.0 Å². The summed E-state index contributed by atoms with van der Waals surface area (Å²) >= 11 is 0. The number of imidazole rings is 1. The fourth-order valence-corrected chi connectivity index (χ4v) is 5.09. The van der Waals surface area contributed by atoms with Crippen molar-refractivity contribution in [2.24, 2.45) is 0 Å². The normalized spacial score (nSPS) is 16.6. The highest BCUT2D eigenvalue weighted by molar-refractivity contribution is 7.89. The van der Waals surface area contributed by atoms with Crippen LogP contribution in [0.15, 0.2) is 35.5 Å². The van der Waals surface area contributed by atoms with Crippen LogP contribution in [0.3, 0.4) is 0 Å². The summed E-state index contributed by atoms with van der Waals surface area (Å²) in [6.07, 6.45) is 4.75. The van der Waals surface area contributed by atoms with E-state index in [1.165, 1.54) is 7.11 Å². The van der Waals surface area contributed by atoms with E-state index in [4.69, 9.17) is 4.74 Å². The van der Waals surface area contributed by atoms with Crippen molar-refractivity contribution in [1.29, 1.82) is 0 Å². The smallest absolute Gasteiger partial charge is 0.246 e. The van der Waals surface area contributed by atoms with Gasteiger partial charge in [0, 0.05) is 58.1 Å². The number of ether oxygens (including phenoxy) is 1. The molecule has 0 aliphatic carbocycles. The summed E-state index contributed by atoms with van der Waals surface area (Å²) in [5, 5.41) is 0. The van der Waals surface area contributed by atoms with Gasteiger partial charge in [-0.1, -0.05) is 13.0 Å². The molecule has 1 aliphatic heterocycles. The van der Waals surface area contributed by atoms with Gasteiger partial charge in [0.1, 0.15) is 16.5 Å². The van der Waals surface area contributed by atoms with E-state index in [9.17, 15) is 8.42 Å².